The number of pyridine rings is 1. The van der Waals surface area contributed by atoms with E-state index in [2.05, 4.69) is 55.4 Å². The molecule has 0 spiro atoms. The maximum absolute atomic E-state index is 5.79. The highest BCUT2D eigenvalue weighted by atomic mass is 16.5. The fourth-order valence-electron chi connectivity index (χ4n) is 4.06. The van der Waals surface area contributed by atoms with Crippen LogP contribution in [-0.2, 0) is 6.42 Å². The summed E-state index contributed by atoms with van der Waals surface area (Å²) in [7, 11) is 9.12. The quantitative estimate of drug-likeness (QED) is 0.384. The van der Waals surface area contributed by atoms with Crippen LogP contribution >= 0.6 is 0 Å². The van der Waals surface area contributed by atoms with E-state index in [0.717, 1.165) is 50.3 Å². The van der Waals surface area contributed by atoms with Crippen molar-refractivity contribution in [3.05, 3.63) is 78.1 Å². The Kier molecular flexibility index (Phi) is 6.17. The molecule has 4 rings (SSSR count). The summed E-state index contributed by atoms with van der Waals surface area (Å²) in [6, 6.07) is 20.7. The lowest BCUT2D eigenvalue weighted by atomic mass is 9.96. The summed E-state index contributed by atoms with van der Waals surface area (Å²) in [5, 5.41) is 2.20. The molecule has 0 aliphatic carbocycles. The Bertz CT molecular complexity index is 1250. The van der Waals surface area contributed by atoms with Gasteiger partial charge >= 0.3 is 0 Å². The number of hydrogen-bond acceptors (Lipinski definition) is 5. The van der Waals surface area contributed by atoms with E-state index in [9.17, 15) is 0 Å². The molecule has 0 radical (unpaired) electrons. The SMILES string of the molecule is COc1ccc(Cc2nccc3cc(OC)c(-c4ccccc4N(C)C)cc23)cc1OC. The normalized spacial score (nSPS) is 10.8. The fourth-order valence-corrected chi connectivity index (χ4v) is 4.06. The van der Waals surface area contributed by atoms with Crippen LogP contribution in [0.5, 0.6) is 17.2 Å². The predicted octanol–water partition coefficient (Wildman–Crippen LogP) is 5.58. The molecule has 0 N–H and O–H groups in total. The number of hydrogen-bond donors (Lipinski definition) is 0. The number of anilines is 1. The zero-order valence-corrected chi connectivity index (χ0v) is 19.2. The van der Waals surface area contributed by atoms with Gasteiger partial charge in [0.25, 0.3) is 0 Å². The van der Waals surface area contributed by atoms with Crippen LogP contribution in [0.15, 0.2) is 66.9 Å². The zero-order chi connectivity index (χ0) is 22.7. The van der Waals surface area contributed by atoms with Crippen molar-refractivity contribution in [2.24, 2.45) is 0 Å². The standard InChI is InChI=1S/C27H28N2O3/c1-29(2)24-9-7-6-8-20(24)22-17-21-19(16-26(22)31-4)12-13-28-23(21)14-18-10-11-25(30-3)27(15-18)32-5/h6-13,15-17H,14H2,1-5H3. The van der Waals surface area contributed by atoms with Gasteiger partial charge in [-0.3, -0.25) is 4.98 Å². The first-order chi connectivity index (χ1) is 15.5. The molecule has 0 aliphatic rings. The highest BCUT2D eigenvalue weighted by Gasteiger charge is 2.15. The van der Waals surface area contributed by atoms with Crippen LogP contribution in [0, 0.1) is 0 Å². The Balaban J connectivity index is 1.85. The van der Waals surface area contributed by atoms with E-state index >= 15 is 0 Å². The van der Waals surface area contributed by atoms with E-state index in [-0.39, 0.29) is 0 Å². The van der Waals surface area contributed by atoms with E-state index < -0.39 is 0 Å². The maximum Gasteiger partial charge on any atom is 0.160 e. The molecule has 0 saturated heterocycles. The second-order valence-corrected chi connectivity index (χ2v) is 7.81. The average molecular weight is 429 g/mol. The molecular weight excluding hydrogens is 400 g/mol. The van der Waals surface area contributed by atoms with Crippen LogP contribution in [0.25, 0.3) is 21.9 Å². The first-order valence-electron chi connectivity index (χ1n) is 10.5. The second-order valence-electron chi connectivity index (χ2n) is 7.81. The molecule has 0 fully saturated rings. The Labute approximate surface area is 189 Å². The molecule has 5 nitrogen and oxygen atoms in total. The Hall–Kier alpha value is -3.73. The summed E-state index contributed by atoms with van der Waals surface area (Å²) in [5.41, 5.74) is 5.41. The summed E-state index contributed by atoms with van der Waals surface area (Å²) < 4.78 is 16.6. The van der Waals surface area contributed by atoms with Crippen molar-refractivity contribution in [2.45, 2.75) is 6.42 Å². The van der Waals surface area contributed by atoms with Crippen LogP contribution in [0.2, 0.25) is 0 Å². The molecule has 0 saturated carbocycles. The summed E-state index contributed by atoms with van der Waals surface area (Å²) in [5.74, 6) is 2.28. The predicted molar refractivity (Wildman–Crippen MR) is 130 cm³/mol. The molecule has 5 heteroatoms. The molecule has 0 amide bonds. The minimum Gasteiger partial charge on any atom is -0.496 e. The van der Waals surface area contributed by atoms with Crippen LogP contribution in [-0.4, -0.2) is 40.4 Å². The van der Waals surface area contributed by atoms with Crippen LogP contribution < -0.4 is 19.1 Å². The number of rotatable bonds is 7. The van der Waals surface area contributed by atoms with Crippen molar-refractivity contribution in [3.8, 4) is 28.4 Å². The Morgan fingerprint density at radius 1 is 0.750 bits per heavy atom. The molecule has 0 aliphatic heterocycles. The molecule has 32 heavy (non-hydrogen) atoms. The van der Waals surface area contributed by atoms with Gasteiger partial charge in [0.05, 0.1) is 27.0 Å². The van der Waals surface area contributed by atoms with Gasteiger partial charge in [-0.05, 0) is 47.3 Å². The van der Waals surface area contributed by atoms with Gasteiger partial charge < -0.3 is 19.1 Å². The summed E-state index contributed by atoms with van der Waals surface area (Å²) in [6.45, 7) is 0. The third kappa shape index (κ3) is 4.06. The molecule has 1 heterocycles. The topological polar surface area (TPSA) is 43.8 Å². The molecular formula is C27H28N2O3. The Morgan fingerprint density at radius 2 is 1.50 bits per heavy atom. The fraction of sp³-hybridized carbons (Fsp3) is 0.222. The van der Waals surface area contributed by atoms with Crippen LogP contribution in [0.4, 0.5) is 5.69 Å². The molecule has 1 aromatic heterocycles. The van der Waals surface area contributed by atoms with Gasteiger partial charge in [0.15, 0.2) is 11.5 Å². The minimum absolute atomic E-state index is 0.679. The van der Waals surface area contributed by atoms with Crippen molar-refractivity contribution in [2.75, 3.05) is 40.3 Å². The third-order valence-electron chi connectivity index (χ3n) is 5.66. The molecule has 0 atom stereocenters. The van der Waals surface area contributed by atoms with Gasteiger partial charge in [-0.15, -0.1) is 0 Å². The first-order valence-corrected chi connectivity index (χ1v) is 10.5. The van der Waals surface area contributed by atoms with E-state index in [1.54, 1.807) is 21.3 Å². The molecule has 164 valence electrons. The van der Waals surface area contributed by atoms with E-state index in [1.165, 1.54) is 0 Å². The third-order valence-corrected chi connectivity index (χ3v) is 5.66. The number of benzene rings is 3. The van der Waals surface area contributed by atoms with Gasteiger partial charge in [0.2, 0.25) is 0 Å². The van der Waals surface area contributed by atoms with Crippen molar-refractivity contribution in [3.63, 3.8) is 0 Å². The number of aromatic nitrogens is 1. The van der Waals surface area contributed by atoms with E-state index in [4.69, 9.17) is 19.2 Å². The van der Waals surface area contributed by atoms with Crippen molar-refractivity contribution >= 4 is 16.5 Å². The molecule has 3 aromatic carbocycles. The van der Waals surface area contributed by atoms with Crippen LogP contribution in [0.1, 0.15) is 11.3 Å². The molecule has 0 bridgehead atoms. The lowest BCUT2D eigenvalue weighted by Crippen LogP contribution is -2.10. The van der Waals surface area contributed by atoms with Gasteiger partial charge in [-0.2, -0.15) is 0 Å². The first kappa shape index (κ1) is 21.5. The number of para-hydroxylation sites is 1. The largest absolute Gasteiger partial charge is 0.496 e. The van der Waals surface area contributed by atoms with Gasteiger partial charge in [-0.1, -0.05) is 24.3 Å². The van der Waals surface area contributed by atoms with E-state index in [1.807, 2.05) is 30.5 Å². The molecule has 0 unspecified atom stereocenters. The van der Waals surface area contributed by atoms with Gasteiger partial charge in [-0.25, -0.2) is 0 Å². The van der Waals surface area contributed by atoms with Crippen LogP contribution in [0.3, 0.4) is 0 Å². The molecule has 4 aromatic rings. The number of methoxy groups -OCH3 is 3. The van der Waals surface area contributed by atoms with Gasteiger partial charge in [0, 0.05) is 48.9 Å². The number of ether oxygens (including phenoxy) is 3. The minimum atomic E-state index is 0.679. The van der Waals surface area contributed by atoms with Crippen molar-refractivity contribution in [1.29, 1.82) is 0 Å². The summed E-state index contributed by atoms with van der Waals surface area (Å²) in [6.07, 6.45) is 2.53. The monoisotopic (exact) mass is 428 g/mol. The highest BCUT2D eigenvalue weighted by molar-refractivity contribution is 5.94. The van der Waals surface area contributed by atoms with Gasteiger partial charge in [0.1, 0.15) is 5.75 Å². The zero-order valence-electron chi connectivity index (χ0n) is 19.2. The Morgan fingerprint density at radius 3 is 2.22 bits per heavy atom. The summed E-state index contributed by atoms with van der Waals surface area (Å²) >= 11 is 0. The maximum atomic E-state index is 5.79. The van der Waals surface area contributed by atoms with Crippen molar-refractivity contribution < 1.29 is 14.2 Å². The lowest BCUT2D eigenvalue weighted by molar-refractivity contribution is 0.354. The van der Waals surface area contributed by atoms with Crippen molar-refractivity contribution in [1.82, 2.24) is 4.98 Å². The lowest BCUT2D eigenvalue weighted by Gasteiger charge is -2.20. The second kappa shape index (κ2) is 9.18. The highest BCUT2D eigenvalue weighted by Crippen LogP contribution is 2.39. The van der Waals surface area contributed by atoms with E-state index in [0.29, 0.717) is 12.2 Å². The smallest absolute Gasteiger partial charge is 0.160 e. The average Bonchev–Trinajstić information content (AvgIpc) is 2.83. The number of nitrogens with zero attached hydrogens (tertiary/aromatic N) is 2. The number of fused-ring (bicyclic) bond motifs is 1. The summed E-state index contributed by atoms with van der Waals surface area (Å²) in [4.78, 5) is 6.84.